The molecule has 5 heteroatoms. The zero-order valence-electron chi connectivity index (χ0n) is 14.0. The zero-order valence-corrected chi connectivity index (χ0v) is 14.0. The van der Waals surface area contributed by atoms with Crippen molar-refractivity contribution in [3.63, 3.8) is 0 Å². The largest absolute Gasteiger partial charge is 0.480 e. The summed E-state index contributed by atoms with van der Waals surface area (Å²) in [6.07, 6.45) is 5.27. The molecule has 0 radical (unpaired) electrons. The summed E-state index contributed by atoms with van der Waals surface area (Å²) in [5, 5.41) is 18.9. The van der Waals surface area contributed by atoms with Crippen LogP contribution in [-0.4, -0.2) is 22.2 Å². The Morgan fingerprint density at radius 1 is 0.885 bits per heavy atom. The lowest BCUT2D eigenvalue weighted by Crippen LogP contribution is -2.43. The molecule has 0 fully saturated rings. The van der Waals surface area contributed by atoms with Gasteiger partial charge in [0.15, 0.2) is 5.60 Å². The molecule has 0 aliphatic heterocycles. The van der Waals surface area contributed by atoms with Crippen LogP contribution in [0.4, 0.5) is 0 Å². The van der Waals surface area contributed by atoms with Crippen LogP contribution in [0.15, 0.2) is 72.3 Å². The average molecular weight is 348 g/mol. The normalized spacial score (nSPS) is 25.3. The SMILES string of the molecule is CC1=CC2(Oc3ccc(C(=O)O)cc3)C=CC1(C(=O)O)c1ccc2cc1. The first-order valence-electron chi connectivity index (χ1n) is 8.14. The molecule has 5 aliphatic carbocycles. The van der Waals surface area contributed by atoms with Crippen LogP contribution in [-0.2, 0) is 15.8 Å². The van der Waals surface area contributed by atoms with Crippen LogP contribution >= 0.6 is 0 Å². The Morgan fingerprint density at radius 2 is 1.50 bits per heavy atom. The fourth-order valence-corrected chi connectivity index (χ4v) is 3.71. The molecule has 0 saturated carbocycles. The van der Waals surface area contributed by atoms with Gasteiger partial charge in [0.1, 0.15) is 11.2 Å². The maximum atomic E-state index is 12.1. The minimum atomic E-state index is -1.20. The summed E-state index contributed by atoms with van der Waals surface area (Å²) in [7, 11) is 0. The minimum Gasteiger partial charge on any atom is -0.480 e. The molecule has 7 rings (SSSR count). The van der Waals surface area contributed by atoms with Crippen LogP contribution in [0.5, 0.6) is 5.75 Å². The second kappa shape index (κ2) is 5.33. The maximum Gasteiger partial charge on any atom is 0.335 e. The molecule has 5 aliphatic rings. The van der Waals surface area contributed by atoms with E-state index >= 15 is 0 Å². The number of aliphatic carboxylic acids is 1. The summed E-state index contributed by atoms with van der Waals surface area (Å²) in [5.74, 6) is -1.44. The van der Waals surface area contributed by atoms with Crippen molar-refractivity contribution in [2.45, 2.75) is 17.9 Å². The highest BCUT2D eigenvalue weighted by atomic mass is 16.5. The molecule has 0 spiro atoms. The van der Waals surface area contributed by atoms with Gasteiger partial charge in [-0.25, -0.2) is 4.79 Å². The first-order chi connectivity index (χ1) is 12.4. The van der Waals surface area contributed by atoms with Gasteiger partial charge in [-0.1, -0.05) is 30.3 Å². The van der Waals surface area contributed by atoms with E-state index in [9.17, 15) is 14.7 Å². The number of ether oxygens (including phenoxy) is 1. The molecule has 130 valence electrons. The number of carboxylic acids is 2. The molecule has 2 aromatic rings. The van der Waals surface area contributed by atoms with Crippen LogP contribution in [0.1, 0.15) is 28.4 Å². The van der Waals surface area contributed by atoms with Gasteiger partial charge in [-0.2, -0.15) is 0 Å². The maximum absolute atomic E-state index is 12.1. The Hall–Kier alpha value is -3.34. The molecule has 26 heavy (non-hydrogen) atoms. The fraction of sp³-hybridized carbons (Fsp3) is 0.143. The third-order valence-electron chi connectivity index (χ3n) is 5.15. The van der Waals surface area contributed by atoms with E-state index in [-0.39, 0.29) is 5.56 Å². The van der Waals surface area contributed by atoms with E-state index in [1.807, 2.05) is 30.3 Å². The van der Waals surface area contributed by atoms with Gasteiger partial charge in [0, 0.05) is 5.56 Å². The molecule has 0 heterocycles. The van der Waals surface area contributed by atoms with Gasteiger partial charge in [0.2, 0.25) is 0 Å². The van der Waals surface area contributed by atoms with Crippen LogP contribution < -0.4 is 4.74 Å². The number of aromatic carboxylic acids is 1. The van der Waals surface area contributed by atoms with E-state index in [4.69, 9.17) is 9.84 Å². The summed E-state index contributed by atoms with van der Waals surface area (Å²) < 4.78 is 6.23. The van der Waals surface area contributed by atoms with Crippen molar-refractivity contribution < 1.29 is 24.5 Å². The van der Waals surface area contributed by atoms with Gasteiger partial charge in [-0.3, -0.25) is 4.79 Å². The van der Waals surface area contributed by atoms with Crippen LogP contribution in [0, 0.1) is 0 Å². The average Bonchev–Trinajstić information content (AvgIpc) is 2.60. The summed E-state index contributed by atoms with van der Waals surface area (Å²) in [4.78, 5) is 23.1. The van der Waals surface area contributed by atoms with Crippen LogP contribution in [0.3, 0.4) is 0 Å². The second-order valence-corrected chi connectivity index (χ2v) is 6.58. The second-order valence-electron chi connectivity index (χ2n) is 6.58. The first-order valence-corrected chi connectivity index (χ1v) is 8.14. The molecular weight excluding hydrogens is 332 g/mol. The zero-order chi connectivity index (χ0) is 18.5. The van der Waals surface area contributed by atoms with E-state index in [1.165, 1.54) is 12.1 Å². The Morgan fingerprint density at radius 3 is 2.04 bits per heavy atom. The summed E-state index contributed by atoms with van der Waals surface area (Å²) >= 11 is 0. The highest BCUT2D eigenvalue weighted by Gasteiger charge is 2.48. The van der Waals surface area contributed by atoms with E-state index < -0.39 is 23.0 Å². The molecule has 2 aromatic carbocycles. The molecule has 2 atom stereocenters. The molecule has 2 N–H and O–H groups in total. The van der Waals surface area contributed by atoms with Crippen LogP contribution in [0.2, 0.25) is 0 Å². The number of carbonyl (C=O) groups is 2. The van der Waals surface area contributed by atoms with E-state index in [2.05, 4.69) is 0 Å². The predicted molar refractivity (Wildman–Crippen MR) is 94.4 cm³/mol. The molecular formula is C21H16O5. The lowest BCUT2D eigenvalue weighted by Gasteiger charge is -2.41. The Bertz CT molecular complexity index is 968. The monoisotopic (exact) mass is 348 g/mol. The lowest BCUT2D eigenvalue weighted by molar-refractivity contribution is -0.140. The van der Waals surface area contributed by atoms with Crippen molar-refractivity contribution in [3.8, 4) is 5.75 Å². The van der Waals surface area contributed by atoms with Crippen molar-refractivity contribution in [2.75, 3.05) is 0 Å². The Kier molecular flexibility index (Phi) is 3.31. The van der Waals surface area contributed by atoms with Gasteiger partial charge in [0.25, 0.3) is 0 Å². The standard InChI is InChI=1S/C21H16O5/c1-13-12-20(26-17-8-2-14(3-9-17)18(22)23)10-11-21(13,19(24)25)16-6-4-15(20)5-7-16/h2-12H,1H3,(H,22,23)(H,24,25). The highest BCUT2D eigenvalue weighted by molar-refractivity contribution is 5.90. The number of hydrogen-bond donors (Lipinski definition) is 2. The molecule has 0 amide bonds. The number of benzene rings is 2. The van der Waals surface area contributed by atoms with Gasteiger partial charge >= 0.3 is 11.9 Å². The number of rotatable bonds is 4. The molecule has 4 bridgehead atoms. The van der Waals surface area contributed by atoms with Gasteiger partial charge < -0.3 is 14.9 Å². The van der Waals surface area contributed by atoms with Gasteiger partial charge in [0.05, 0.1) is 5.56 Å². The summed E-state index contributed by atoms with van der Waals surface area (Å²) in [6.45, 7) is 1.79. The quantitative estimate of drug-likeness (QED) is 0.826. The van der Waals surface area contributed by atoms with Crippen molar-refractivity contribution in [1.29, 1.82) is 0 Å². The number of hydrogen-bond acceptors (Lipinski definition) is 3. The Labute approximate surface area is 149 Å². The first kappa shape index (κ1) is 16.1. The Balaban J connectivity index is 1.83. The lowest BCUT2D eigenvalue weighted by atomic mass is 9.66. The van der Waals surface area contributed by atoms with E-state index in [1.54, 1.807) is 31.2 Å². The molecule has 0 aromatic heterocycles. The molecule has 2 unspecified atom stereocenters. The smallest absolute Gasteiger partial charge is 0.335 e. The van der Waals surface area contributed by atoms with Gasteiger partial charge in [-0.05, 0) is 54.5 Å². The topological polar surface area (TPSA) is 83.8 Å². The third kappa shape index (κ3) is 2.10. The van der Waals surface area contributed by atoms with Crippen molar-refractivity contribution in [1.82, 2.24) is 0 Å². The third-order valence-corrected chi connectivity index (χ3v) is 5.15. The van der Waals surface area contributed by atoms with E-state index in [0.717, 1.165) is 5.56 Å². The fourth-order valence-electron chi connectivity index (χ4n) is 3.71. The predicted octanol–water partition coefficient (Wildman–Crippen LogP) is 3.51. The van der Waals surface area contributed by atoms with Crippen molar-refractivity contribution in [2.24, 2.45) is 0 Å². The number of carboxylic acid groups (broad SMARTS) is 2. The molecule has 5 nitrogen and oxygen atoms in total. The van der Waals surface area contributed by atoms with Crippen molar-refractivity contribution >= 4 is 11.9 Å². The van der Waals surface area contributed by atoms with Crippen LogP contribution in [0.25, 0.3) is 0 Å². The van der Waals surface area contributed by atoms with Crippen molar-refractivity contribution in [3.05, 3.63) is 89.0 Å². The minimum absolute atomic E-state index is 0.174. The summed E-state index contributed by atoms with van der Waals surface area (Å²) in [5.41, 5.74) is 0.297. The highest BCUT2D eigenvalue weighted by Crippen LogP contribution is 2.47. The van der Waals surface area contributed by atoms with Gasteiger partial charge in [-0.15, -0.1) is 0 Å². The summed E-state index contributed by atoms with van der Waals surface area (Å²) in [6, 6.07) is 13.5. The molecule has 0 saturated heterocycles. The van der Waals surface area contributed by atoms with E-state index in [0.29, 0.717) is 16.9 Å².